The molecule has 1 saturated heterocycles. The topological polar surface area (TPSA) is 87.6 Å². The average Bonchev–Trinajstić information content (AvgIpc) is 3.14. The van der Waals surface area contributed by atoms with E-state index in [-0.39, 0.29) is 12.1 Å². The van der Waals surface area contributed by atoms with Crippen molar-refractivity contribution in [3.05, 3.63) is 22.7 Å². The second-order valence-electron chi connectivity index (χ2n) is 5.22. The van der Waals surface area contributed by atoms with Gasteiger partial charge in [-0.05, 0) is 6.42 Å². The Bertz CT molecular complexity index is 618. The minimum atomic E-state index is -0.110. The van der Waals surface area contributed by atoms with E-state index in [0.29, 0.717) is 37.5 Å². The lowest BCUT2D eigenvalue weighted by molar-refractivity contribution is -0.0645. The third-order valence-corrected chi connectivity index (χ3v) is 4.28. The van der Waals surface area contributed by atoms with Crippen LogP contribution in [-0.4, -0.2) is 54.5 Å². The molecule has 0 amide bonds. The van der Waals surface area contributed by atoms with Crippen LogP contribution in [0.1, 0.15) is 12.1 Å². The zero-order valence-electron chi connectivity index (χ0n) is 13.6. The molecule has 0 aromatic carbocycles. The van der Waals surface area contributed by atoms with Crippen LogP contribution in [0.25, 0.3) is 0 Å². The minimum absolute atomic E-state index is 0.0363. The van der Waals surface area contributed by atoms with Crippen molar-refractivity contribution in [2.45, 2.75) is 25.2 Å². The van der Waals surface area contributed by atoms with Gasteiger partial charge in [-0.3, -0.25) is 0 Å². The van der Waals surface area contributed by atoms with E-state index in [9.17, 15) is 0 Å². The molecule has 3 heterocycles. The maximum atomic E-state index is 5.96. The van der Waals surface area contributed by atoms with Crippen LogP contribution in [0.15, 0.2) is 17.0 Å². The molecule has 1 N–H and O–H groups in total. The van der Waals surface area contributed by atoms with Crippen molar-refractivity contribution in [1.82, 2.24) is 15.0 Å². The molecule has 24 heavy (non-hydrogen) atoms. The molecule has 0 radical (unpaired) electrons. The first kappa shape index (κ1) is 16.9. The predicted molar refractivity (Wildman–Crippen MR) is 88.7 cm³/mol. The van der Waals surface area contributed by atoms with Gasteiger partial charge in [-0.25, -0.2) is 4.98 Å². The van der Waals surface area contributed by atoms with Gasteiger partial charge < -0.3 is 24.3 Å². The van der Waals surface area contributed by atoms with Crippen molar-refractivity contribution in [2.75, 3.05) is 32.8 Å². The van der Waals surface area contributed by atoms with Gasteiger partial charge >= 0.3 is 0 Å². The number of hydrogen-bond acceptors (Lipinski definition) is 9. The molecule has 1 fully saturated rings. The molecule has 130 valence electrons. The molecule has 0 spiro atoms. The predicted octanol–water partition coefficient (Wildman–Crippen LogP) is 1.74. The summed E-state index contributed by atoms with van der Waals surface area (Å²) in [6.07, 6.45) is 0.686. The van der Waals surface area contributed by atoms with Gasteiger partial charge in [0.1, 0.15) is 6.10 Å². The van der Waals surface area contributed by atoms with Gasteiger partial charge in [0, 0.05) is 12.0 Å². The lowest BCUT2D eigenvalue weighted by Crippen LogP contribution is -2.44. The number of ether oxygens (including phenoxy) is 4. The Hall–Kier alpha value is -1.97. The first-order chi connectivity index (χ1) is 11.8. The Balaban J connectivity index is 1.66. The Morgan fingerprint density at radius 1 is 1.29 bits per heavy atom. The first-order valence-electron chi connectivity index (χ1n) is 7.58. The summed E-state index contributed by atoms with van der Waals surface area (Å²) in [4.78, 5) is 12.8. The van der Waals surface area contributed by atoms with E-state index in [2.05, 4.69) is 20.3 Å². The fourth-order valence-corrected chi connectivity index (χ4v) is 2.93. The van der Waals surface area contributed by atoms with Crippen molar-refractivity contribution in [3.63, 3.8) is 0 Å². The van der Waals surface area contributed by atoms with Crippen LogP contribution in [0, 0.1) is 0 Å². The van der Waals surface area contributed by atoms with Crippen molar-refractivity contribution < 1.29 is 18.9 Å². The Morgan fingerprint density at radius 3 is 2.75 bits per heavy atom. The van der Waals surface area contributed by atoms with Crippen molar-refractivity contribution >= 4 is 17.3 Å². The van der Waals surface area contributed by atoms with E-state index in [0.717, 1.165) is 12.1 Å². The summed E-state index contributed by atoms with van der Waals surface area (Å²) in [6, 6.07) is 1.67. The third-order valence-electron chi connectivity index (χ3n) is 3.64. The van der Waals surface area contributed by atoms with Gasteiger partial charge in [-0.2, -0.15) is 9.97 Å². The fraction of sp³-hybridized carbons (Fsp3) is 0.533. The zero-order valence-corrected chi connectivity index (χ0v) is 14.4. The number of nitrogens with zero attached hydrogens (tertiary/aromatic N) is 3. The van der Waals surface area contributed by atoms with E-state index in [1.165, 1.54) is 0 Å². The lowest BCUT2D eigenvalue weighted by atomic mass is 10.1. The molecular weight excluding hydrogens is 332 g/mol. The van der Waals surface area contributed by atoms with Crippen LogP contribution in [0.4, 0.5) is 5.95 Å². The molecule has 9 heteroatoms. The number of thiazole rings is 1. The summed E-state index contributed by atoms with van der Waals surface area (Å²) < 4.78 is 21.9. The number of aromatic nitrogens is 3. The SMILES string of the molecule is COc1cc(OC)nc(N[C@@H]2CCOC[C@H]2OCc2cscn2)n1. The van der Waals surface area contributed by atoms with Gasteiger partial charge in [0.05, 0.1) is 50.7 Å². The van der Waals surface area contributed by atoms with E-state index >= 15 is 0 Å². The smallest absolute Gasteiger partial charge is 0.229 e. The van der Waals surface area contributed by atoms with E-state index in [4.69, 9.17) is 18.9 Å². The minimum Gasteiger partial charge on any atom is -0.481 e. The van der Waals surface area contributed by atoms with Gasteiger partial charge in [-0.1, -0.05) is 0 Å². The zero-order chi connectivity index (χ0) is 16.8. The van der Waals surface area contributed by atoms with Gasteiger partial charge in [-0.15, -0.1) is 11.3 Å². The second kappa shape index (κ2) is 8.22. The maximum absolute atomic E-state index is 5.96. The summed E-state index contributed by atoms with van der Waals surface area (Å²) in [5, 5.41) is 5.28. The highest BCUT2D eigenvalue weighted by Gasteiger charge is 2.27. The molecule has 1 aliphatic heterocycles. The third kappa shape index (κ3) is 4.31. The normalized spacial score (nSPS) is 20.6. The fourth-order valence-electron chi connectivity index (χ4n) is 2.39. The van der Waals surface area contributed by atoms with Crippen LogP contribution in [0.3, 0.4) is 0 Å². The molecule has 1 aliphatic rings. The molecule has 2 atom stereocenters. The largest absolute Gasteiger partial charge is 0.481 e. The van der Waals surface area contributed by atoms with Crippen molar-refractivity contribution in [3.8, 4) is 11.8 Å². The Kier molecular flexibility index (Phi) is 5.78. The standard InChI is InChI=1S/C15H20N4O4S/c1-20-13-5-14(21-2)19-15(18-13)17-11-3-4-22-7-12(11)23-6-10-8-24-9-16-10/h5,8-9,11-12H,3-4,6-7H2,1-2H3,(H,17,18,19)/t11-,12-/m1/s1. The van der Waals surface area contributed by atoms with Crippen LogP contribution >= 0.6 is 11.3 Å². The highest BCUT2D eigenvalue weighted by molar-refractivity contribution is 7.07. The highest BCUT2D eigenvalue weighted by Crippen LogP contribution is 2.21. The number of hydrogen-bond donors (Lipinski definition) is 1. The second-order valence-corrected chi connectivity index (χ2v) is 5.94. The summed E-state index contributed by atoms with van der Waals surface area (Å²) in [6.45, 7) is 1.64. The molecule has 0 aliphatic carbocycles. The monoisotopic (exact) mass is 352 g/mol. The number of methoxy groups -OCH3 is 2. The number of nitrogens with one attached hydrogen (secondary N) is 1. The molecule has 2 aromatic heterocycles. The molecule has 0 bridgehead atoms. The Labute approximate surface area is 144 Å². The maximum Gasteiger partial charge on any atom is 0.229 e. The van der Waals surface area contributed by atoms with Crippen molar-refractivity contribution in [1.29, 1.82) is 0 Å². The van der Waals surface area contributed by atoms with E-state index in [1.807, 2.05) is 5.38 Å². The van der Waals surface area contributed by atoms with E-state index in [1.54, 1.807) is 37.1 Å². The van der Waals surface area contributed by atoms with Gasteiger partial charge in [0.2, 0.25) is 17.7 Å². The number of rotatable bonds is 7. The highest BCUT2D eigenvalue weighted by atomic mass is 32.1. The van der Waals surface area contributed by atoms with Crippen LogP contribution < -0.4 is 14.8 Å². The number of anilines is 1. The molecule has 8 nitrogen and oxygen atoms in total. The first-order valence-corrected chi connectivity index (χ1v) is 8.53. The molecular formula is C15H20N4O4S. The Morgan fingerprint density at radius 2 is 2.08 bits per heavy atom. The van der Waals surface area contributed by atoms with Crippen LogP contribution in [-0.2, 0) is 16.1 Å². The van der Waals surface area contributed by atoms with Gasteiger partial charge in [0.25, 0.3) is 0 Å². The van der Waals surface area contributed by atoms with Gasteiger partial charge in [0.15, 0.2) is 0 Å². The summed E-state index contributed by atoms with van der Waals surface area (Å²) in [7, 11) is 3.11. The van der Waals surface area contributed by atoms with Crippen LogP contribution in [0.2, 0.25) is 0 Å². The molecule has 0 saturated carbocycles. The summed E-state index contributed by atoms with van der Waals surface area (Å²) in [5.74, 6) is 1.33. The average molecular weight is 352 g/mol. The molecule has 0 unspecified atom stereocenters. The summed E-state index contributed by atoms with van der Waals surface area (Å²) in [5.41, 5.74) is 2.71. The molecule has 2 aromatic rings. The summed E-state index contributed by atoms with van der Waals surface area (Å²) >= 11 is 1.55. The van der Waals surface area contributed by atoms with Crippen LogP contribution in [0.5, 0.6) is 11.8 Å². The quantitative estimate of drug-likeness (QED) is 0.806. The molecule has 3 rings (SSSR count). The van der Waals surface area contributed by atoms with E-state index < -0.39 is 0 Å². The van der Waals surface area contributed by atoms with Crippen molar-refractivity contribution in [2.24, 2.45) is 0 Å². The lowest BCUT2D eigenvalue weighted by Gasteiger charge is -2.32.